The van der Waals surface area contributed by atoms with Gasteiger partial charge in [0.2, 0.25) is 11.8 Å². The van der Waals surface area contributed by atoms with Crippen LogP contribution in [-0.4, -0.2) is 60.3 Å². The number of nitrogens with one attached hydrogen (secondary N) is 1. The van der Waals surface area contributed by atoms with E-state index in [1.54, 1.807) is 4.90 Å². The number of carbonyl (C=O) groups is 2. The zero-order valence-corrected chi connectivity index (χ0v) is 15.5. The maximum absolute atomic E-state index is 12.4. The molecule has 1 N–H and O–H groups in total. The highest BCUT2D eigenvalue weighted by Gasteiger charge is 2.30. The number of hydrogen-bond donors (Lipinski definition) is 1. The quantitative estimate of drug-likeness (QED) is 0.811. The predicted octanol–water partition coefficient (Wildman–Crippen LogP) is 1.09. The van der Waals surface area contributed by atoms with Crippen LogP contribution in [0, 0.1) is 13.8 Å². The Bertz CT molecular complexity index is 625. The van der Waals surface area contributed by atoms with Crippen molar-refractivity contribution in [3.8, 4) is 0 Å². The second-order valence-corrected chi connectivity index (χ2v) is 6.96. The van der Waals surface area contributed by atoms with Crippen LogP contribution in [0.5, 0.6) is 0 Å². The molecule has 2 saturated heterocycles. The van der Waals surface area contributed by atoms with Crippen molar-refractivity contribution in [3.63, 3.8) is 0 Å². The summed E-state index contributed by atoms with van der Waals surface area (Å²) in [4.78, 5) is 25.9. The van der Waals surface area contributed by atoms with E-state index in [0.717, 1.165) is 29.9 Å². The third kappa shape index (κ3) is 4.62. The molecule has 8 heteroatoms. The van der Waals surface area contributed by atoms with Crippen LogP contribution in [-0.2, 0) is 25.7 Å². The van der Waals surface area contributed by atoms with Crippen molar-refractivity contribution in [1.82, 2.24) is 15.4 Å². The van der Waals surface area contributed by atoms with Gasteiger partial charge in [-0.05, 0) is 33.1 Å². The molecule has 2 aliphatic heterocycles. The third-order valence-corrected chi connectivity index (χ3v) is 5.03. The molecule has 3 heterocycles. The molecule has 0 saturated carbocycles. The van der Waals surface area contributed by atoms with E-state index in [1.807, 2.05) is 13.8 Å². The van der Waals surface area contributed by atoms with Crippen molar-refractivity contribution < 1.29 is 23.6 Å². The van der Waals surface area contributed by atoms with Crippen LogP contribution in [0.25, 0.3) is 0 Å². The number of carbonyl (C=O) groups excluding carboxylic acids is 2. The van der Waals surface area contributed by atoms with Gasteiger partial charge >= 0.3 is 0 Å². The maximum Gasteiger partial charge on any atom is 0.239 e. The van der Waals surface area contributed by atoms with Gasteiger partial charge in [-0.25, -0.2) is 0 Å². The molecule has 0 radical (unpaired) electrons. The van der Waals surface area contributed by atoms with E-state index in [1.165, 1.54) is 0 Å². The van der Waals surface area contributed by atoms with Gasteiger partial charge in [0.1, 0.15) is 11.9 Å². The lowest BCUT2D eigenvalue weighted by molar-refractivity contribution is -0.139. The minimum atomic E-state index is -0.238. The van der Waals surface area contributed by atoms with E-state index in [9.17, 15) is 9.59 Å². The summed E-state index contributed by atoms with van der Waals surface area (Å²) < 4.78 is 16.7. The molecular weight excluding hydrogens is 338 g/mol. The average molecular weight is 365 g/mol. The molecule has 2 atom stereocenters. The van der Waals surface area contributed by atoms with E-state index < -0.39 is 0 Å². The number of hydrogen-bond acceptors (Lipinski definition) is 6. The summed E-state index contributed by atoms with van der Waals surface area (Å²) in [6.07, 6.45) is 2.85. The van der Waals surface area contributed by atoms with Gasteiger partial charge in [-0.3, -0.25) is 9.59 Å². The fraction of sp³-hybridized carbons (Fsp3) is 0.722. The van der Waals surface area contributed by atoms with Crippen molar-refractivity contribution >= 4 is 11.8 Å². The van der Waals surface area contributed by atoms with Gasteiger partial charge in [-0.1, -0.05) is 5.16 Å². The second-order valence-electron chi connectivity index (χ2n) is 6.96. The number of piperidine rings is 1. The second kappa shape index (κ2) is 8.64. The number of amides is 2. The Labute approximate surface area is 153 Å². The van der Waals surface area contributed by atoms with Crippen LogP contribution >= 0.6 is 0 Å². The molecule has 1 aromatic heterocycles. The average Bonchev–Trinajstić information content (AvgIpc) is 2.94. The Morgan fingerprint density at radius 1 is 1.38 bits per heavy atom. The summed E-state index contributed by atoms with van der Waals surface area (Å²) in [5, 5.41) is 6.95. The van der Waals surface area contributed by atoms with E-state index in [0.29, 0.717) is 39.2 Å². The van der Waals surface area contributed by atoms with Crippen LogP contribution < -0.4 is 5.32 Å². The van der Waals surface area contributed by atoms with Gasteiger partial charge < -0.3 is 24.2 Å². The Hall–Kier alpha value is -1.93. The van der Waals surface area contributed by atoms with Crippen molar-refractivity contribution in [2.45, 2.75) is 58.3 Å². The molecular formula is C18H27N3O5. The molecule has 2 fully saturated rings. The van der Waals surface area contributed by atoms with Crippen LogP contribution in [0.15, 0.2) is 4.52 Å². The minimum Gasteiger partial charge on any atom is -0.379 e. The number of likely N-dealkylation sites (tertiary alicyclic amines) is 1. The predicted molar refractivity (Wildman–Crippen MR) is 92.4 cm³/mol. The molecule has 26 heavy (non-hydrogen) atoms. The number of nitrogens with zero attached hydrogens (tertiary/aromatic N) is 2. The molecule has 0 aromatic carbocycles. The van der Waals surface area contributed by atoms with Crippen LogP contribution in [0.4, 0.5) is 0 Å². The minimum absolute atomic E-state index is 0.0598. The van der Waals surface area contributed by atoms with Gasteiger partial charge in [-0.2, -0.15) is 0 Å². The van der Waals surface area contributed by atoms with Crippen LogP contribution in [0.1, 0.15) is 42.7 Å². The lowest BCUT2D eigenvalue weighted by Gasteiger charge is -2.33. The Morgan fingerprint density at radius 2 is 2.23 bits per heavy atom. The first-order chi connectivity index (χ1) is 12.5. The van der Waals surface area contributed by atoms with Crippen LogP contribution in [0.3, 0.4) is 0 Å². The van der Waals surface area contributed by atoms with E-state index in [-0.39, 0.29) is 30.5 Å². The summed E-state index contributed by atoms with van der Waals surface area (Å²) in [5.74, 6) is 0.658. The fourth-order valence-electron chi connectivity index (χ4n) is 3.39. The highest BCUT2D eigenvalue weighted by atomic mass is 16.5. The van der Waals surface area contributed by atoms with Gasteiger partial charge in [0.05, 0.1) is 31.5 Å². The molecule has 144 valence electrons. The van der Waals surface area contributed by atoms with Crippen molar-refractivity contribution in [2.75, 3.05) is 26.3 Å². The van der Waals surface area contributed by atoms with Crippen molar-refractivity contribution in [1.29, 1.82) is 0 Å². The molecule has 1 aromatic rings. The highest BCUT2D eigenvalue weighted by Crippen LogP contribution is 2.18. The highest BCUT2D eigenvalue weighted by molar-refractivity contribution is 5.85. The third-order valence-electron chi connectivity index (χ3n) is 5.03. The molecule has 2 aliphatic rings. The first-order valence-corrected chi connectivity index (χ1v) is 9.23. The topological polar surface area (TPSA) is 93.9 Å². The molecule has 0 aliphatic carbocycles. The molecule has 2 amide bonds. The zero-order valence-electron chi connectivity index (χ0n) is 15.5. The monoisotopic (exact) mass is 365 g/mol. The fourth-order valence-corrected chi connectivity index (χ4v) is 3.39. The molecule has 0 unspecified atom stereocenters. The standard InChI is InChI=1S/C18H27N3O5/c1-12-14(13(2)26-20-12)10-25-16-11-24-8-6-15(16)19-17(22)9-21-7-4-3-5-18(21)23/h15-16H,3-11H2,1-2H3,(H,19,22)/t15-,16-/m1/s1. The first kappa shape index (κ1) is 18.8. The number of aryl methyl sites for hydroxylation is 2. The Morgan fingerprint density at radius 3 is 2.96 bits per heavy atom. The van der Waals surface area contributed by atoms with Gasteiger partial charge in [0, 0.05) is 25.1 Å². The van der Waals surface area contributed by atoms with Gasteiger partial charge in [-0.15, -0.1) is 0 Å². The van der Waals surface area contributed by atoms with Gasteiger partial charge in [0.25, 0.3) is 0 Å². The van der Waals surface area contributed by atoms with Crippen LogP contribution in [0.2, 0.25) is 0 Å². The number of aromatic nitrogens is 1. The van der Waals surface area contributed by atoms with Crippen molar-refractivity contribution in [3.05, 3.63) is 17.0 Å². The zero-order chi connectivity index (χ0) is 18.5. The number of rotatable bonds is 6. The van der Waals surface area contributed by atoms with Crippen molar-refractivity contribution in [2.24, 2.45) is 0 Å². The summed E-state index contributed by atoms with van der Waals surface area (Å²) in [7, 11) is 0. The first-order valence-electron chi connectivity index (χ1n) is 9.23. The normalized spacial score (nSPS) is 23.9. The van der Waals surface area contributed by atoms with E-state index in [2.05, 4.69) is 10.5 Å². The molecule has 0 spiro atoms. The molecule has 0 bridgehead atoms. The van der Waals surface area contributed by atoms with E-state index in [4.69, 9.17) is 14.0 Å². The summed E-state index contributed by atoms with van der Waals surface area (Å²) >= 11 is 0. The SMILES string of the molecule is Cc1noc(C)c1CO[C@@H]1COCC[C@H]1NC(=O)CN1CCCCC1=O. The van der Waals surface area contributed by atoms with E-state index >= 15 is 0 Å². The lowest BCUT2D eigenvalue weighted by Crippen LogP contribution is -2.53. The lowest BCUT2D eigenvalue weighted by atomic mass is 10.1. The Kier molecular flexibility index (Phi) is 6.26. The number of ether oxygens (including phenoxy) is 2. The largest absolute Gasteiger partial charge is 0.379 e. The smallest absolute Gasteiger partial charge is 0.239 e. The van der Waals surface area contributed by atoms with Gasteiger partial charge in [0.15, 0.2) is 0 Å². The summed E-state index contributed by atoms with van der Waals surface area (Å²) in [6, 6.07) is -0.128. The summed E-state index contributed by atoms with van der Waals surface area (Å²) in [6.45, 7) is 5.88. The molecule has 8 nitrogen and oxygen atoms in total. The molecule has 3 rings (SSSR count). The Balaban J connectivity index is 1.53. The maximum atomic E-state index is 12.4. The summed E-state index contributed by atoms with van der Waals surface area (Å²) in [5.41, 5.74) is 1.74.